The summed E-state index contributed by atoms with van der Waals surface area (Å²) in [5, 5.41) is 5.24. The molecule has 0 aliphatic heterocycles. The summed E-state index contributed by atoms with van der Waals surface area (Å²) in [4.78, 5) is 16.6. The van der Waals surface area contributed by atoms with Gasteiger partial charge >= 0.3 is 0 Å². The van der Waals surface area contributed by atoms with Crippen LogP contribution in [-0.2, 0) is 11.2 Å². The highest BCUT2D eigenvalue weighted by molar-refractivity contribution is 7.14. The summed E-state index contributed by atoms with van der Waals surface area (Å²) in [6.45, 7) is 6.03. The first-order valence-electron chi connectivity index (χ1n) is 9.27. The van der Waals surface area contributed by atoms with Gasteiger partial charge in [-0.2, -0.15) is 0 Å². The summed E-state index contributed by atoms with van der Waals surface area (Å²) >= 11 is 1.38. The Hall–Kier alpha value is -2.86. The minimum Gasteiger partial charge on any atom is -0.491 e. The Kier molecular flexibility index (Phi) is 6.66. The van der Waals surface area contributed by atoms with E-state index in [4.69, 9.17) is 9.47 Å². The van der Waals surface area contributed by atoms with Gasteiger partial charge in [0.2, 0.25) is 0 Å². The summed E-state index contributed by atoms with van der Waals surface area (Å²) in [6.07, 6.45) is 1.11. The fraction of sp³-hybridized carbons (Fsp3) is 0.273. The molecule has 1 amide bonds. The molecule has 28 heavy (non-hydrogen) atoms. The molecule has 0 saturated carbocycles. The maximum Gasteiger partial charge on any atom is 0.264 e. The quantitative estimate of drug-likeness (QED) is 0.570. The number of carbonyl (C=O) groups excluding carboxylic acids is 1. The molecule has 1 aromatic heterocycles. The summed E-state index contributed by atoms with van der Waals surface area (Å²) < 4.78 is 11.2. The monoisotopic (exact) mass is 396 g/mol. The van der Waals surface area contributed by atoms with Gasteiger partial charge in [0.15, 0.2) is 11.7 Å². The van der Waals surface area contributed by atoms with Gasteiger partial charge in [0.25, 0.3) is 5.91 Å². The molecule has 0 aliphatic rings. The van der Waals surface area contributed by atoms with Gasteiger partial charge in [-0.15, -0.1) is 11.3 Å². The van der Waals surface area contributed by atoms with Crippen molar-refractivity contribution in [1.29, 1.82) is 0 Å². The lowest BCUT2D eigenvalue weighted by molar-refractivity contribution is -0.118. The lowest BCUT2D eigenvalue weighted by Crippen LogP contribution is -2.20. The van der Waals surface area contributed by atoms with Crippen LogP contribution in [-0.4, -0.2) is 23.6 Å². The van der Waals surface area contributed by atoms with Crippen molar-refractivity contribution in [2.75, 3.05) is 11.9 Å². The van der Waals surface area contributed by atoms with Crippen molar-refractivity contribution in [3.63, 3.8) is 0 Å². The first-order valence-corrected chi connectivity index (χ1v) is 10.2. The maximum atomic E-state index is 12.1. The van der Waals surface area contributed by atoms with Crippen molar-refractivity contribution in [3.05, 3.63) is 59.5 Å². The molecule has 1 heterocycles. The van der Waals surface area contributed by atoms with E-state index in [2.05, 4.69) is 17.2 Å². The molecule has 0 unspecified atom stereocenters. The van der Waals surface area contributed by atoms with Gasteiger partial charge in [0.05, 0.1) is 11.8 Å². The molecule has 3 rings (SSSR count). The van der Waals surface area contributed by atoms with Crippen molar-refractivity contribution in [1.82, 2.24) is 4.98 Å². The number of aryl methyl sites for hydroxylation is 1. The van der Waals surface area contributed by atoms with Crippen molar-refractivity contribution < 1.29 is 14.3 Å². The summed E-state index contributed by atoms with van der Waals surface area (Å²) in [7, 11) is 0. The van der Waals surface area contributed by atoms with Crippen LogP contribution in [0.3, 0.4) is 0 Å². The number of nitrogens with zero attached hydrogens (tertiary/aromatic N) is 1. The molecule has 2 aromatic carbocycles. The second kappa shape index (κ2) is 9.37. The van der Waals surface area contributed by atoms with Crippen LogP contribution in [0.25, 0.3) is 11.3 Å². The number of hydrogen-bond acceptors (Lipinski definition) is 5. The van der Waals surface area contributed by atoms with E-state index in [0.717, 1.165) is 23.4 Å². The zero-order valence-corrected chi connectivity index (χ0v) is 17.1. The highest BCUT2D eigenvalue weighted by atomic mass is 32.1. The van der Waals surface area contributed by atoms with E-state index in [0.29, 0.717) is 10.9 Å². The van der Waals surface area contributed by atoms with E-state index in [1.807, 2.05) is 67.8 Å². The van der Waals surface area contributed by atoms with E-state index in [-0.39, 0.29) is 18.6 Å². The van der Waals surface area contributed by atoms with Gasteiger partial charge < -0.3 is 9.47 Å². The Labute approximate surface area is 169 Å². The molecular weight excluding hydrogens is 372 g/mol. The van der Waals surface area contributed by atoms with Crippen LogP contribution >= 0.6 is 11.3 Å². The lowest BCUT2D eigenvalue weighted by atomic mass is 10.2. The van der Waals surface area contributed by atoms with Gasteiger partial charge in [-0.3, -0.25) is 10.1 Å². The molecule has 1 N–H and O–H groups in total. The van der Waals surface area contributed by atoms with Gasteiger partial charge in [0.1, 0.15) is 11.5 Å². The Morgan fingerprint density at radius 1 is 1.07 bits per heavy atom. The van der Waals surface area contributed by atoms with Crippen LogP contribution < -0.4 is 14.8 Å². The number of anilines is 1. The third-order valence-electron chi connectivity index (χ3n) is 3.97. The topological polar surface area (TPSA) is 60.5 Å². The second-order valence-electron chi connectivity index (χ2n) is 6.56. The Bertz CT molecular complexity index is 902. The second-order valence-corrected chi connectivity index (χ2v) is 7.42. The largest absolute Gasteiger partial charge is 0.491 e. The zero-order valence-electron chi connectivity index (χ0n) is 16.3. The van der Waals surface area contributed by atoms with Crippen LogP contribution in [0, 0.1) is 0 Å². The lowest BCUT2D eigenvalue weighted by Gasteiger charge is -2.09. The number of benzene rings is 2. The molecule has 0 bridgehead atoms. The van der Waals surface area contributed by atoms with Crippen LogP contribution in [0.5, 0.6) is 11.5 Å². The van der Waals surface area contributed by atoms with Crippen molar-refractivity contribution in [3.8, 4) is 22.8 Å². The Morgan fingerprint density at radius 3 is 2.39 bits per heavy atom. The first kappa shape index (κ1) is 19.9. The fourth-order valence-corrected chi connectivity index (χ4v) is 3.30. The van der Waals surface area contributed by atoms with E-state index in [1.165, 1.54) is 16.9 Å². The van der Waals surface area contributed by atoms with Crippen LogP contribution in [0.15, 0.2) is 53.9 Å². The van der Waals surface area contributed by atoms with Crippen LogP contribution in [0.1, 0.15) is 26.3 Å². The highest BCUT2D eigenvalue weighted by Gasteiger charge is 2.09. The van der Waals surface area contributed by atoms with Gasteiger partial charge in [0, 0.05) is 10.9 Å². The fourth-order valence-electron chi connectivity index (χ4n) is 2.57. The molecule has 6 heteroatoms. The predicted molar refractivity (Wildman–Crippen MR) is 113 cm³/mol. The number of nitrogens with one attached hydrogen (secondary N) is 1. The summed E-state index contributed by atoms with van der Waals surface area (Å²) in [5.41, 5.74) is 3.02. The Balaban J connectivity index is 1.54. The standard InChI is InChI=1S/C22H24N2O3S/c1-4-16-5-9-18(10-6-16)26-13-21(25)24-22-23-20(14-28-22)17-7-11-19(12-8-17)27-15(2)3/h5-12,14-15H,4,13H2,1-3H3,(H,23,24,25). The van der Waals surface area contributed by atoms with Gasteiger partial charge in [-0.1, -0.05) is 19.1 Å². The molecule has 0 fully saturated rings. The van der Waals surface area contributed by atoms with Crippen LogP contribution in [0.4, 0.5) is 5.13 Å². The normalized spacial score (nSPS) is 10.7. The number of ether oxygens (including phenoxy) is 2. The molecule has 0 atom stereocenters. The van der Waals surface area contributed by atoms with Crippen molar-refractivity contribution in [2.24, 2.45) is 0 Å². The molecule has 0 saturated heterocycles. The molecule has 3 aromatic rings. The number of aromatic nitrogens is 1. The molecule has 0 aliphatic carbocycles. The van der Waals surface area contributed by atoms with E-state index >= 15 is 0 Å². The van der Waals surface area contributed by atoms with E-state index in [9.17, 15) is 4.79 Å². The molecule has 5 nitrogen and oxygen atoms in total. The first-order chi connectivity index (χ1) is 13.5. The third-order valence-corrected chi connectivity index (χ3v) is 4.73. The predicted octanol–water partition coefficient (Wildman–Crippen LogP) is 5.18. The van der Waals surface area contributed by atoms with E-state index in [1.54, 1.807) is 0 Å². The third kappa shape index (κ3) is 5.57. The number of hydrogen-bond donors (Lipinski definition) is 1. The Morgan fingerprint density at radius 2 is 1.75 bits per heavy atom. The van der Waals surface area contributed by atoms with Crippen molar-refractivity contribution >= 4 is 22.4 Å². The molecule has 146 valence electrons. The van der Waals surface area contributed by atoms with E-state index < -0.39 is 0 Å². The number of amides is 1. The SMILES string of the molecule is CCc1ccc(OCC(=O)Nc2nc(-c3ccc(OC(C)C)cc3)cs2)cc1. The smallest absolute Gasteiger partial charge is 0.264 e. The number of rotatable bonds is 8. The van der Waals surface area contributed by atoms with Gasteiger partial charge in [-0.05, 0) is 62.2 Å². The summed E-state index contributed by atoms with van der Waals surface area (Å²) in [5.74, 6) is 1.27. The highest BCUT2D eigenvalue weighted by Crippen LogP contribution is 2.26. The minimum absolute atomic E-state index is 0.0539. The summed E-state index contributed by atoms with van der Waals surface area (Å²) in [6, 6.07) is 15.5. The average molecular weight is 397 g/mol. The maximum absolute atomic E-state index is 12.1. The van der Waals surface area contributed by atoms with Gasteiger partial charge in [-0.25, -0.2) is 4.98 Å². The molecule has 0 radical (unpaired) electrons. The molecular formula is C22H24N2O3S. The number of carbonyl (C=O) groups is 1. The van der Waals surface area contributed by atoms with Crippen molar-refractivity contribution in [2.45, 2.75) is 33.3 Å². The molecule has 0 spiro atoms. The van der Waals surface area contributed by atoms with Crippen LogP contribution in [0.2, 0.25) is 0 Å². The minimum atomic E-state index is -0.235. The average Bonchev–Trinajstić information content (AvgIpc) is 3.15. The number of thiazole rings is 1. The zero-order chi connectivity index (χ0) is 19.9.